The third-order valence-electron chi connectivity index (χ3n) is 3.18. The van der Waals surface area contributed by atoms with Crippen LogP contribution in [0.15, 0.2) is 41.3 Å². The topological polar surface area (TPSA) is 37.3 Å². The lowest BCUT2D eigenvalue weighted by Gasteiger charge is -2.08. The lowest BCUT2D eigenvalue weighted by Crippen LogP contribution is -2.15. The molecular weight excluding hydrogens is 268 g/mol. The summed E-state index contributed by atoms with van der Waals surface area (Å²) in [7, 11) is -1.12. The van der Waals surface area contributed by atoms with Gasteiger partial charge in [0.05, 0.1) is 22.7 Å². The van der Waals surface area contributed by atoms with Crippen LogP contribution in [0, 0.1) is 6.92 Å². The Hall–Kier alpha value is -0.930. The molecule has 112 valence electrons. The Morgan fingerprint density at radius 2 is 1.90 bits per heavy atom. The van der Waals surface area contributed by atoms with Crippen LogP contribution < -0.4 is 0 Å². The Morgan fingerprint density at radius 3 is 2.55 bits per heavy atom. The first-order valence-corrected chi connectivity index (χ1v) is 8.73. The highest BCUT2D eigenvalue weighted by Gasteiger charge is 2.09. The van der Waals surface area contributed by atoms with Gasteiger partial charge in [0.2, 0.25) is 0 Å². The van der Waals surface area contributed by atoms with Crippen LogP contribution in [0.3, 0.4) is 0 Å². The normalized spacial score (nSPS) is 14.6. The zero-order chi connectivity index (χ0) is 14.8. The molecule has 1 aromatic rings. The van der Waals surface area contributed by atoms with Crippen LogP contribution in [0.2, 0.25) is 0 Å². The molecule has 3 heteroatoms. The van der Waals surface area contributed by atoms with E-state index in [1.165, 1.54) is 19.3 Å². The Balaban J connectivity index is 2.29. The van der Waals surface area contributed by atoms with Gasteiger partial charge in [0, 0.05) is 4.90 Å². The van der Waals surface area contributed by atoms with E-state index in [0.29, 0.717) is 12.2 Å². The molecule has 0 aliphatic rings. The number of unbranched alkanes of at least 4 members (excludes halogenated alkanes) is 3. The SMILES string of the molecule is CCCCC/C=C\C[C@@H](O)CS(=O)c1ccc(C)cc1. The quantitative estimate of drug-likeness (QED) is 0.552. The fourth-order valence-corrected chi connectivity index (χ4v) is 3.03. The van der Waals surface area contributed by atoms with Crippen LogP contribution >= 0.6 is 0 Å². The Morgan fingerprint density at radius 1 is 1.20 bits per heavy atom. The number of aryl methyl sites for hydroxylation is 1. The molecule has 0 heterocycles. The minimum absolute atomic E-state index is 0.308. The average Bonchev–Trinajstić information content (AvgIpc) is 2.43. The maximum atomic E-state index is 12.1. The lowest BCUT2D eigenvalue weighted by molar-refractivity contribution is 0.202. The first-order valence-electron chi connectivity index (χ1n) is 7.41. The van der Waals surface area contributed by atoms with Crippen molar-refractivity contribution >= 4 is 10.8 Å². The molecule has 0 aromatic heterocycles. The van der Waals surface area contributed by atoms with Gasteiger partial charge in [0.25, 0.3) is 0 Å². The molecule has 1 aromatic carbocycles. The van der Waals surface area contributed by atoms with Crippen LogP contribution in [0.25, 0.3) is 0 Å². The molecule has 1 rings (SSSR count). The van der Waals surface area contributed by atoms with E-state index in [2.05, 4.69) is 13.0 Å². The van der Waals surface area contributed by atoms with E-state index in [9.17, 15) is 9.32 Å². The zero-order valence-corrected chi connectivity index (χ0v) is 13.4. The van der Waals surface area contributed by atoms with Gasteiger partial charge in [-0.15, -0.1) is 0 Å². The van der Waals surface area contributed by atoms with Gasteiger partial charge in [-0.2, -0.15) is 0 Å². The second kappa shape index (κ2) is 9.89. The van der Waals surface area contributed by atoms with E-state index in [1.807, 2.05) is 37.3 Å². The highest BCUT2D eigenvalue weighted by atomic mass is 32.2. The fraction of sp³-hybridized carbons (Fsp3) is 0.529. The van der Waals surface area contributed by atoms with Gasteiger partial charge in [-0.1, -0.05) is 49.6 Å². The first kappa shape index (κ1) is 17.1. The minimum atomic E-state index is -1.12. The molecule has 0 amide bonds. The van der Waals surface area contributed by atoms with E-state index in [4.69, 9.17) is 0 Å². The number of benzene rings is 1. The third kappa shape index (κ3) is 7.01. The number of aliphatic hydroxyl groups is 1. The minimum Gasteiger partial charge on any atom is -0.392 e. The summed E-state index contributed by atoms with van der Waals surface area (Å²) in [6, 6.07) is 7.65. The highest BCUT2D eigenvalue weighted by Crippen LogP contribution is 2.10. The summed E-state index contributed by atoms with van der Waals surface area (Å²) in [5, 5.41) is 9.89. The van der Waals surface area contributed by atoms with Crippen molar-refractivity contribution in [2.24, 2.45) is 0 Å². The summed E-state index contributed by atoms with van der Waals surface area (Å²) in [4.78, 5) is 0.793. The van der Waals surface area contributed by atoms with Crippen LogP contribution in [0.4, 0.5) is 0 Å². The summed E-state index contributed by atoms with van der Waals surface area (Å²) >= 11 is 0. The van der Waals surface area contributed by atoms with Crippen molar-refractivity contribution in [1.82, 2.24) is 0 Å². The zero-order valence-electron chi connectivity index (χ0n) is 12.5. The van der Waals surface area contributed by atoms with E-state index in [0.717, 1.165) is 16.9 Å². The Labute approximate surface area is 125 Å². The van der Waals surface area contributed by atoms with Crippen molar-refractivity contribution in [3.8, 4) is 0 Å². The molecule has 0 radical (unpaired) electrons. The second-order valence-electron chi connectivity index (χ2n) is 5.18. The van der Waals surface area contributed by atoms with Gasteiger partial charge >= 0.3 is 0 Å². The molecular formula is C17H26O2S. The standard InChI is InChI=1S/C17H26O2S/c1-3-4-5-6-7-8-9-16(18)14-20(19)17-12-10-15(2)11-13-17/h7-8,10-13,16,18H,3-6,9,14H2,1-2H3/b8-7-/t16-,20?/m1/s1. The number of allylic oxidation sites excluding steroid dienone is 1. The smallest absolute Gasteiger partial charge is 0.0693 e. The molecule has 2 nitrogen and oxygen atoms in total. The summed E-state index contributed by atoms with van der Waals surface area (Å²) < 4.78 is 12.1. The summed E-state index contributed by atoms with van der Waals surface area (Å²) in [5.41, 5.74) is 1.15. The Kier molecular flexibility index (Phi) is 8.47. The van der Waals surface area contributed by atoms with Crippen molar-refractivity contribution in [2.75, 3.05) is 5.75 Å². The molecule has 0 aliphatic carbocycles. The van der Waals surface area contributed by atoms with Gasteiger partial charge < -0.3 is 5.11 Å². The Bertz CT molecular complexity index is 423. The van der Waals surface area contributed by atoms with Crippen LogP contribution in [-0.4, -0.2) is 21.2 Å². The van der Waals surface area contributed by atoms with E-state index in [-0.39, 0.29) is 0 Å². The largest absolute Gasteiger partial charge is 0.392 e. The summed E-state index contributed by atoms with van der Waals surface area (Å²) in [5.74, 6) is 0.308. The van der Waals surface area contributed by atoms with E-state index in [1.54, 1.807) is 0 Å². The molecule has 0 aliphatic heterocycles. The number of rotatable bonds is 9. The molecule has 0 saturated carbocycles. The maximum Gasteiger partial charge on any atom is 0.0693 e. The molecule has 1 unspecified atom stereocenters. The highest BCUT2D eigenvalue weighted by molar-refractivity contribution is 7.85. The molecule has 0 saturated heterocycles. The number of aliphatic hydroxyl groups excluding tert-OH is 1. The van der Waals surface area contributed by atoms with Gasteiger partial charge in [0.15, 0.2) is 0 Å². The predicted molar refractivity (Wildman–Crippen MR) is 86.4 cm³/mol. The lowest BCUT2D eigenvalue weighted by atomic mass is 10.2. The first-order chi connectivity index (χ1) is 9.63. The number of hydrogen-bond donors (Lipinski definition) is 1. The maximum absolute atomic E-state index is 12.1. The third-order valence-corrected chi connectivity index (χ3v) is 4.66. The van der Waals surface area contributed by atoms with Crippen LogP contribution in [-0.2, 0) is 10.8 Å². The van der Waals surface area contributed by atoms with Gasteiger partial charge in [0.1, 0.15) is 0 Å². The predicted octanol–water partition coefficient (Wildman–Crippen LogP) is 3.99. The molecule has 0 bridgehead atoms. The molecule has 0 fully saturated rings. The molecule has 2 atom stereocenters. The van der Waals surface area contributed by atoms with Crippen molar-refractivity contribution < 1.29 is 9.32 Å². The van der Waals surface area contributed by atoms with Gasteiger partial charge in [-0.3, -0.25) is 4.21 Å². The summed E-state index contributed by atoms with van der Waals surface area (Å²) in [6.45, 7) is 4.19. The second-order valence-corrected chi connectivity index (χ2v) is 6.68. The molecule has 20 heavy (non-hydrogen) atoms. The van der Waals surface area contributed by atoms with Crippen molar-refractivity contribution in [1.29, 1.82) is 0 Å². The van der Waals surface area contributed by atoms with Crippen molar-refractivity contribution in [3.63, 3.8) is 0 Å². The molecule has 1 N–H and O–H groups in total. The average molecular weight is 294 g/mol. The number of hydrogen-bond acceptors (Lipinski definition) is 2. The fourth-order valence-electron chi connectivity index (χ4n) is 1.91. The van der Waals surface area contributed by atoms with E-state index < -0.39 is 16.9 Å². The van der Waals surface area contributed by atoms with Crippen LogP contribution in [0.1, 0.15) is 44.6 Å². The molecule has 0 spiro atoms. The van der Waals surface area contributed by atoms with Crippen LogP contribution in [0.5, 0.6) is 0 Å². The van der Waals surface area contributed by atoms with Crippen molar-refractivity contribution in [2.45, 2.75) is 57.0 Å². The monoisotopic (exact) mass is 294 g/mol. The van der Waals surface area contributed by atoms with E-state index >= 15 is 0 Å². The van der Waals surface area contributed by atoms with Gasteiger partial charge in [-0.05, 0) is 38.3 Å². The summed E-state index contributed by atoms with van der Waals surface area (Å²) in [6.07, 6.45) is 8.94. The van der Waals surface area contributed by atoms with Gasteiger partial charge in [-0.25, -0.2) is 0 Å². The van der Waals surface area contributed by atoms with Crippen molar-refractivity contribution in [3.05, 3.63) is 42.0 Å².